The van der Waals surface area contributed by atoms with Crippen molar-refractivity contribution >= 4 is 11.9 Å². The van der Waals surface area contributed by atoms with E-state index in [2.05, 4.69) is 10.4 Å². The second-order valence-electron chi connectivity index (χ2n) is 8.08. The summed E-state index contributed by atoms with van der Waals surface area (Å²) in [6, 6.07) is 1.62. The standard InChI is InChI=1S/C20H29N3O4/c24-17(21-14-20(12-19(26)27)9-5-2-6-10-20)13-23-18(25)11-15-7-3-1-4-8-16(15)22-23/h11H,1-10,12-14H2,(H,21,24)(H,26,27). The first-order chi connectivity index (χ1) is 13.0. The lowest BCUT2D eigenvalue weighted by Gasteiger charge is -2.36. The van der Waals surface area contributed by atoms with E-state index in [1.165, 1.54) is 4.68 Å². The molecule has 2 aliphatic rings. The van der Waals surface area contributed by atoms with E-state index < -0.39 is 5.97 Å². The number of rotatable bonds is 6. The van der Waals surface area contributed by atoms with Gasteiger partial charge in [0.1, 0.15) is 6.54 Å². The summed E-state index contributed by atoms with van der Waals surface area (Å²) in [6.07, 6.45) is 9.80. The fourth-order valence-corrected chi connectivity index (χ4v) is 4.41. The van der Waals surface area contributed by atoms with Gasteiger partial charge in [-0.3, -0.25) is 14.4 Å². The van der Waals surface area contributed by atoms with E-state index in [0.717, 1.165) is 75.5 Å². The molecule has 0 spiro atoms. The zero-order chi connectivity index (χ0) is 19.3. The van der Waals surface area contributed by atoms with E-state index in [1.54, 1.807) is 6.07 Å². The average molecular weight is 375 g/mol. The van der Waals surface area contributed by atoms with E-state index in [9.17, 15) is 19.5 Å². The number of aryl methyl sites for hydroxylation is 2. The number of carbonyl (C=O) groups excluding carboxylic acids is 1. The molecule has 7 heteroatoms. The summed E-state index contributed by atoms with van der Waals surface area (Å²) in [5, 5.41) is 16.5. The van der Waals surface area contributed by atoms with Crippen LogP contribution >= 0.6 is 0 Å². The maximum atomic E-state index is 12.4. The fourth-order valence-electron chi connectivity index (χ4n) is 4.41. The highest BCUT2D eigenvalue weighted by atomic mass is 16.4. The van der Waals surface area contributed by atoms with E-state index in [0.29, 0.717) is 6.54 Å². The van der Waals surface area contributed by atoms with Crippen molar-refractivity contribution in [1.82, 2.24) is 15.1 Å². The van der Waals surface area contributed by atoms with Gasteiger partial charge >= 0.3 is 5.97 Å². The Morgan fingerprint density at radius 3 is 2.56 bits per heavy atom. The average Bonchev–Trinajstić information content (AvgIpc) is 2.85. The minimum Gasteiger partial charge on any atom is -0.481 e. The lowest BCUT2D eigenvalue weighted by molar-refractivity contribution is -0.140. The highest BCUT2D eigenvalue weighted by Gasteiger charge is 2.34. The third kappa shape index (κ3) is 5.17. The van der Waals surface area contributed by atoms with Crippen molar-refractivity contribution in [1.29, 1.82) is 0 Å². The molecule has 0 radical (unpaired) electrons. The molecule has 2 aliphatic carbocycles. The maximum absolute atomic E-state index is 12.4. The van der Waals surface area contributed by atoms with Gasteiger partial charge in [0.15, 0.2) is 0 Å². The summed E-state index contributed by atoms with van der Waals surface area (Å²) in [6.45, 7) is 0.229. The third-order valence-corrected chi connectivity index (χ3v) is 5.92. The molecule has 0 saturated heterocycles. The van der Waals surface area contributed by atoms with Crippen molar-refractivity contribution < 1.29 is 14.7 Å². The number of nitrogens with zero attached hydrogens (tertiary/aromatic N) is 2. The third-order valence-electron chi connectivity index (χ3n) is 5.92. The number of hydrogen-bond donors (Lipinski definition) is 2. The number of carboxylic acid groups (broad SMARTS) is 1. The van der Waals surface area contributed by atoms with Crippen LogP contribution in [-0.4, -0.2) is 33.3 Å². The van der Waals surface area contributed by atoms with Crippen molar-refractivity contribution in [3.05, 3.63) is 27.7 Å². The minimum atomic E-state index is -0.824. The molecule has 3 rings (SSSR count). The number of amides is 1. The number of aromatic nitrogens is 2. The van der Waals surface area contributed by atoms with Crippen molar-refractivity contribution in [2.45, 2.75) is 77.2 Å². The van der Waals surface area contributed by atoms with Gasteiger partial charge < -0.3 is 10.4 Å². The van der Waals surface area contributed by atoms with Gasteiger partial charge in [-0.05, 0) is 49.5 Å². The van der Waals surface area contributed by atoms with Crippen LogP contribution in [0.15, 0.2) is 10.9 Å². The summed E-state index contributed by atoms with van der Waals surface area (Å²) < 4.78 is 1.24. The Bertz CT molecular complexity index is 750. The number of nitrogens with one attached hydrogen (secondary N) is 1. The van der Waals surface area contributed by atoms with Crippen LogP contribution in [-0.2, 0) is 29.0 Å². The molecule has 0 aromatic carbocycles. The van der Waals surface area contributed by atoms with E-state index in [4.69, 9.17) is 0 Å². The predicted octanol–water partition coefficient (Wildman–Crippen LogP) is 2.05. The molecule has 0 aliphatic heterocycles. The lowest BCUT2D eigenvalue weighted by Crippen LogP contribution is -2.42. The molecule has 0 unspecified atom stereocenters. The monoisotopic (exact) mass is 375 g/mol. The maximum Gasteiger partial charge on any atom is 0.303 e. The van der Waals surface area contributed by atoms with Crippen molar-refractivity contribution in [2.24, 2.45) is 5.41 Å². The molecule has 0 atom stereocenters. The first-order valence-corrected chi connectivity index (χ1v) is 10.1. The van der Waals surface area contributed by atoms with Crippen LogP contribution in [0.5, 0.6) is 0 Å². The number of carboxylic acids is 1. The van der Waals surface area contributed by atoms with Gasteiger partial charge in [-0.1, -0.05) is 25.7 Å². The van der Waals surface area contributed by atoms with Crippen molar-refractivity contribution in [3.8, 4) is 0 Å². The summed E-state index contributed by atoms with van der Waals surface area (Å²) in [5.74, 6) is -1.11. The Morgan fingerprint density at radius 1 is 1.11 bits per heavy atom. The molecule has 1 heterocycles. The van der Waals surface area contributed by atoms with Crippen LogP contribution in [0.2, 0.25) is 0 Å². The molecule has 1 aromatic heterocycles. The van der Waals surface area contributed by atoms with Crippen LogP contribution in [0, 0.1) is 5.41 Å². The summed E-state index contributed by atoms with van der Waals surface area (Å²) in [4.78, 5) is 36.0. The van der Waals surface area contributed by atoms with Crippen molar-refractivity contribution in [2.75, 3.05) is 6.54 Å². The van der Waals surface area contributed by atoms with Crippen LogP contribution in [0.3, 0.4) is 0 Å². The smallest absolute Gasteiger partial charge is 0.303 e. The van der Waals surface area contributed by atoms with Gasteiger partial charge in [-0.15, -0.1) is 0 Å². The first-order valence-electron chi connectivity index (χ1n) is 10.1. The summed E-state index contributed by atoms with van der Waals surface area (Å²) >= 11 is 0. The Hall–Kier alpha value is -2.18. The zero-order valence-electron chi connectivity index (χ0n) is 15.8. The number of carbonyl (C=O) groups is 2. The van der Waals surface area contributed by atoms with Gasteiger partial charge in [0, 0.05) is 12.6 Å². The summed E-state index contributed by atoms with van der Waals surface area (Å²) in [7, 11) is 0. The molecular formula is C20H29N3O4. The van der Waals surface area contributed by atoms with Gasteiger partial charge in [0.05, 0.1) is 12.1 Å². The van der Waals surface area contributed by atoms with Gasteiger partial charge in [-0.25, -0.2) is 4.68 Å². The molecule has 0 bridgehead atoms. The van der Waals surface area contributed by atoms with Crippen LogP contribution in [0.1, 0.15) is 69.0 Å². The molecule has 7 nitrogen and oxygen atoms in total. The Morgan fingerprint density at radius 2 is 1.81 bits per heavy atom. The molecule has 1 amide bonds. The Balaban J connectivity index is 1.64. The largest absolute Gasteiger partial charge is 0.481 e. The first kappa shape index (κ1) is 19.6. The number of fused-ring (bicyclic) bond motifs is 1. The van der Waals surface area contributed by atoms with Crippen molar-refractivity contribution in [3.63, 3.8) is 0 Å². The van der Waals surface area contributed by atoms with Crippen LogP contribution in [0.4, 0.5) is 0 Å². The zero-order valence-corrected chi connectivity index (χ0v) is 15.8. The second-order valence-corrected chi connectivity index (χ2v) is 8.08. The molecule has 27 heavy (non-hydrogen) atoms. The molecule has 1 saturated carbocycles. The minimum absolute atomic E-state index is 0.0737. The molecular weight excluding hydrogens is 346 g/mol. The van der Waals surface area contributed by atoms with Crippen LogP contribution < -0.4 is 10.9 Å². The molecule has 148 valence electrons. The fraction of sp³-hybridized carbons (Fsp3) is 0.700. The highest BCUT2D eigenvalue weighted by molar-refractivity contribution is 5.75. The van der Waals surface area contributed by atoms with Crippen LogP contribution in [0.25, 0.3) is 0 Å². The van der Waals surface area contributed by atoms with Gasteiger partial charge in [-0.2, -0.15) is 5.10 Å². The van der Waals surface area contributed by atoms with E-state index in [-0.39, 0.29) is 29.8 Å². The number of aliphatic carboxylic acids is 1. The topological polar surface area (TPSA) is 101 Å². The Labute approximate surface area is 159 Å². The highest BCUT2D eigenvalue weighted by Crippen LogP contribution is 2.38. The SMILES string of the molecule is O=C(O)CC1(CNC(=O)Cn2nc3c(cc2=O)CCCCC3)CCCCC1. The van der Waals surface area contributed by atoms with Gasteiger partial charge in [0.2, 0.25) is 5.91 Å². The van der Waals surface area contributed by atoms with E-state index >= 15 is 0 Å². The summed E-state index contributed by atoms with van der Waals surface area (Å²) in [5.41, 5.74) is 1.32. The second kappa shape index (κ2) is 8.67. The van der Waals surface area contributed by atoms with E-state index in [1.807, 2.05) is 0 Å². The molecule has 1 aromatic rings. The molecule has 2 N–H and O–H groups in total. The van der Waals surface area contributed by atoms with Gasteiger partial charge in [0.25, 0.3) is 5.56 Å². The predicted molar refractivity (Wildman–Crippen MR) is 101 cm³/mol. The molecule has 1 fully saturated rings. The number of hydrogen-bond acceptors (Lipinski definition) is 4. The lowest BCUT2D eigenvalue weighted by atomic mass is 9.71. The normalized spacial score (nSPS) is 19.0. The Kier molecular flexibility index (Phi) is 6.29. The quantitative estimate of drug-likeness (QED) is 0.741.